The summed E-state index contributed by atoms with van der Waals surface area (Å²) < 4.78 is 11.2. The Balaban J connectivity index is 2.66. The zero-order valence-corrected chi connectivity index (χ0v) is 9.88. The number of hydrogen-bond acceptors (Lipinski definition) is 3. The van der Waals surface area contributed by atoms with Crippen LogP contribution < -0.4 is 5.32 Å². The lowest BCUT2D eigenvalue weighted by atomic mass is 10.1. The highest BCUT2D eigenvalue weighted by Crippen LogP contribution is 2.14. The van der Waals surface area contributed by atoms with Crippen LogP contribution in [0.15, 0.2) is 29.2 Å². The molecule has 4 heteroatoms. The molecule has 0 aliphatic carbocycles. The van der Waals surface area contributed by atoms with Crippen LogP contribution >= 0.6 is 0 Å². The Morgan fingerprint density at radius 1 is 1.40 bits per heavy atom. The van der Waals surface area contributed by atoms with E-state index in [1.165, 1.54) is 0 Å². The van der Waals surface area contributed by atoms with Gasteiger partial charge < -0.3 is 10.4 Å². The molecule has 0 heterocycles. The predicted molar refractivity (Wildman–Crippen MR) is 62.3 cm³/mol. The Hall–Kier alpha value is -0.710. The van der Waals surface area contributed by atoms with Gasteiger partial charge >= 0.3 is 0 Å². The molecule has 1 aromatic rings. The van der Waals surface area contributed by atoms with Gasteiger partial charge in [-0.2, -0.15) is 0 Å². The summed E-state index contributed by atoms with van der Waals surface area (Å²) in [6.45, 7) is 2.76. The van der Waals surface area contributed by atoms with E-state index in [2.05, 4.69) is 5.32 Å². The lowest BCUT2D eigenvalue weighted by molar-refractivity contribution is 0.286. The average molecular weight is 227 g/mol. The van der Waals surface area contributed by atoms with Crippen molar-refractivity contribution in [2.24, 2.45) is 0 Å². The molecule has 3 nitrogen and oxygen atoms in total. The molecule has 2 N–H and O–H groups in total. The Morgan fingerprint density at radius 2 is 2.00 bits per heavy atom. The SMILES string of the molecule is CC(NCCO)c1ccc(S(C)=O)cc1. The predicted octanol–water partition coefficient (Wildman–Crippen LogP) is 1.07. The maximum atomic E-state index is 11.2. The highest BCUT2D eigenvalue weighted by Gasteiger charge is 2.04. The molecule has 0 aliphatic rings. The van der Waals surface area contributed by atoms with Gasteiger partial charge in [0.15, 0.2) is 0 Å². The highest BCUT2D eigenvalue weighted by atomic mass is 32.2. The third-order valence-corrected chi connectivity index (χ3v) is 3.21. The second-order valence-electron chi connectivity index (χ2n) is 3.42. The van der Waals surface area contributed by atoms with Gasteiger partial charge in [0.05, 0.1) is 6.61 Å². The summed E-state index contributed by atoms with van der Waals surface area (Å²) in [5, 5.41) is 11.8. The molecular formula is C11H17NO2S. The van der Waals surface area contributed by atoms with E-state index in [9.17, 15) is 4.21 Å². The van der Waals surface area contributed by atoms with Crippen LogP contribution in [0.2, 0.25) is 0 Å². The summed E-state index contributed by atoms with van der Waals surface area (Å²) >= 11 is 0. The number of aliphatic hydroxyl groups excluding tert-OH is 1. The fourth-order valence-electron chi connectivity index (χ4n) is 1.35. The van der Waals surface area contributed by atoms with E-state index >= 15 is 0 Å². The minimum Gasteiger partial charge on any atom is -0.395 e. The first-order chi connectivity index (χ1) is 7.15. The number of hydrogen-bond donors (Lipinski definition) is 2. The van der Waals surface area contributed by atoms with Gasteiger partial charge in [-0.3, -0.25) is 4.21 Å². The van der Waals surface area contributed by atoms with Crippen LogP contribution in [-0.4, -0.2) is 28.7 Å². The molecule has 1 rings (SSSR count). The molecule has 0 amide bonds. The third kappa shape index (κ3) is 3.74. The van der Waals surface area contributed by atoms with Crippen LogP contribution in [0.3, 0.4) is 0 Å². The quantitative estimate of drug-likeness (QED) is 0.791. The van der Waals surface area contributed by atoms with Gasteiger partial charge in [-0.1, -0.05) is 12.1 Å². The lowest BCUT2D eigenvalue weighted by Gasteiger charge is -2.13. The van der Waals surface area contributed by atoms with Gasteiger partial charge in [0.1, 0.15) is 0 Å². The van der Waals surface area contributed by atoms with E-state index in [1.54, 1.807) is 6.26 Å². The first-order valence-electron chi connectivity index (χ1n) is 4.92. The topological polar surface area (TPSA) is 49.3 Å². The standard InChI is InChI=1S/C11H17NO2S/c1-9(12-7-8-13)10-3-5-11(6-4-10)15(2)14/h3-6,9,12-13H,7-8H2,1-2H3. The first kappa shape index (κ1) is 12.4. The molecule has 0 saturated heterocycles. The van der Waals surface area contributed by atoms with Crippen LogP contribution in [0.1, 0.15) is 18.5 Å². The maximum Gasteiger partial charge on any atom is 0.0556 e. The smallest absolute Gasteiger partial charge is 0.0556 e. The molecule has 0 aromatic heterocycles. The van der Waals surface area contributed by atoms with Crippen LogP contribution in [0.5, 0.6) is 0 Å². The fraction of sp³-hybridized carbons (Fsp3) is 0.455. The van der Waals surface area contributed by atoms with Crippen LogP contribution in [0.25, 0.3) is 0 Å². The largest absolute Gasteiger partial charge is 0.395 e. The monoisotopic (exact) mass is 227 g/mol. The van der Waals surface area contributed by atoms with Crippen molar-refractivity contribution in [2.75, 3.05) is 19.4 Å². The summed E-state index contributed by atoms with van der Waals surface area (Å²) in [6, 6.07) is 7.89. The van der Waals surface area contributed by atoms with E-state index in [-0.39, 0.29) is 12.6 Å². The minimum absolute atomic E-state index is 0.140. The highest BCUT2D eigenvalue weighted by molar-refractivity contribution is 7.84. The molecule has 15 heavy (non-hydrogen) atoms. The Kier molecular flexibility index (Phi) is 4.94. The van der Waals surface area contributed by atoms with Gasteiger partial charge in [0.2, 0.25) is 0 Å². The number of benzene rings is 1. The Bertz CT molecular complexity index is 324. The minimum atomic E-state index is -0.916. The van der Waals surface area contributed by atoms with E-state index < -0.39 is 10.8 Å². The van der Waals surface area contributed by atoms with Crippen molar-refractivity contribution in [3.63, 3.8) is 0 Å². The molecule has 0 saturated carbocycles. The summed E-state index contributed by atoms with van der Waals surface area (Å²) in [6.07, 6.45) is 1.67. The molecule has 0 spiro atoms. The van der Waals surface area contributed by atoms with E-state index in [1.807, 2.05) is 31.2 Å². The van der Waals surface area contributed by atoms with Gasteiger partial charge in [0.25, 0.3) is 0 Å². The molecule has 0 aliphatic heterocycles. The summed E-state index contributed by atoms with van der Waals surface area (Å²) in [5.41, 5.74) is 1.14. The molecule has 84 valence electrons. The molecule has 0 radical (unpaired) electrons. The van der Waals surface area contributed by atoms with E-state index in [0.717, 1.165) is 10.5 Å². The van der Waals surface area contributed by atoms with E-state index in [0.29, 0.717) is 6.54 Å². The van der Waals surface area contributed by atoms with Crippen LogP contribution in [0.4, 0.5) is 0 Å². The summed E-state index contributed by atoms with van der Waals surface area (Å²) in [5.74, 6) is 0. The average Bonchev–Trinajstić information content (AvgIpc) is 2.26. The molecule has 2 unspecified atom stereocenters. The lowest BCUT2D eigenvalue weighted by Crippen LogP contribution is -2.21. The van der Waals surface area contributed by atoms with Gasteiger partial charge in [-0.15, -0.1) is 0 Å². The second kappa shape index (κ2) is 6.00. The van der Waals surface area contributed by atoms with Crippen molar-refractivity contribution in [1.82, 2.24) is 5.32 Å². The molecule has 0 fully saturated rings. The summed E-state index contributed by atoms with van der Waals surface area (Å²) in [4.78, 5) is 0.841. The van der Waals surface area contributed by atoms with Crippen molar-refractivity contribution in [3.05, 3.63) is 29.8 Å². The molecule has 0 bridgehead atoms. The van der Waals surface area contributed by atoms with Gasteiger partial charge in [-0.25, -0.2) is 0 Å². The number of nitrogens with one attached hydrogen (secondary N) is 1. The van der Waals surface area contributed by atoms with Crippen LogP contribution in [0, 0.1) is 0 Å². The van der Waals surface area contributed by atoms with Crippen molar-refractivity contribution < 1.29 is 9.32 Å². The summed E-state index contributed by atoms with van der Waals surface area (Å²) in [7, 11) is -0.916. The Morgan fingerprint density at radius 3 is 2.47 bits per heavy atom. The fourth-order valence-corrected chi connectivity index (χ4v) is 1.87. The van der Waals surface area contributed by atoms with Gasteiger partial charge in [0, 0.05) is 34.5 Å². The maximum absolute atomic E-state index is 11.2. The zero-order valence-electron chi connectivity index (χ0n) is 9.06. The first-order valence-corrected chi connectivity index (χ1v) is 6.48. The van der Waals surface area contributed by atoms with E-state index in [4.69, 9.17) is 5.11 Å². The second-order valence-corrected chi connectivity index (χ2v) is 4.80. The van der Waals surface area contributed by atoms with Crippen molar-refractivity contribution in [2.45, 2.75) is 17.9 Å². The van der Waals surface area contributed by atoms with Crippen LogP contribution in [-0.2, 0) is 10.8 Å². The normalized spacial score (nSPS) is 14.9. The van der Waals surface area contributed by atoms with Crippen molar-refractivity contribution in [3.8, 4) is 0 Å². The van der Waals surface area contributed by atoms with Crippen molar-refractivity contribution in [1.29, 1.82) is 0 Å². The molecular weight excluding hydrogens is 210 g/mol. The molecule has 1 aromatic carbocycles. The number of rotatable bonds is 5. The van der Waals surface area contributed by atoms with Gasteiger partial charge in [-0.05, 0) is 24.6 Å². The Labute approximate surface area is 93.0 Å². The molecule has 2 atom stereocenters. The van der Waals surface area contributed by atoms with Crippen molar-refractivity contribution >= 4 is 10.8 Å². The zero-order chi connectivity index (χ0) is 11.3. The third-order valence-electron chi connectivity index (χ3n) is 2.27. The number of aliphatic hydroxyl groups is 1.